The lowest BCUT2D eigenvalue weighted by Gasteiger charge is -2.41. The minimum absolute atomic E-state index is 0.0238. The number of aliphatic hydroxyl groups excluding tert-OH is 3. The molecule has 1 heterocycles. The number of carbonyl (C=O) groups is 1. The normalized spacial score (nSPS) is 19.9. The number of aliphatic hydroxyl groups is 3. The smallest absolute Gasteiger partial charge is 0.397 e. The van der Waals surface area contributed by atoms with Crippen LogP contribution < -0.4 is 0 Å². The van der Waals surface area contributed by atoms with Gasteiger partial charge in [-0.25, -0.2) is 4.18 Å². The van der Waals surface area contributed by atoms with Crippen LogP contribution in [0.3, 0.4) is 0 Å². The van der Waals surface area contributed by atoms with Gasteiger partial charge in [0.05, 0.1) is 19.8 Å². The highest BCUT2D eigenvalue weighted by atomic mass is 32.3. The van der Waals surface area contributed by atoms with E-state index in [9.17, 15) is 33.1 Å². The summed E-state index contributed by atoms with van der Waals surface area (Å²) < 4.78 is 59.3. The van der Waals surface area contributed by atoms with Gasteiger partial charge in [-0.3, -0.25) is 9.35 Å². The van der Waals surface area contributed by atoms with Gasteiger partial charge in [0.15, 0.2) is 6.29 Å². The largest absolute Gasteiger partial charge is 0.457 e. The molecule has 390 valence electrons. The fourth-order valence-electron chi connectivity index (χ4n) is 7.83. The molecule has 13 heteroatoms. The molecule has 1 saturated heterocycles. The number of ether oxygens (including phenoxy) is 4. The fraction of sp³-hybridized carbons (Fsp3) is 0.796. The van der Waals surface area contributed by atoms with Gasteiger partial charge in [0.25, 0.3) is 0 Å². The first-order valence-corrected chi connectivity index (χ1v) is 27.9. The van der Waals surface area contributed by atoms with Crippen molar-refractivity contribution in [3.05, 3.63) is 60.8 Å². The van der Waals surface area contributed by atoms with Gasteiger partial charge in [0.2, 0.25) is 0 Å². The number of hydrogen-bond acceptors (Lipinski definition) is 11. The molecule has 4 N–H and O–H groups in total. The van der Waals surface area contributed by atoms with E-state index in [1.54, 1.807) is 0 Å². The Labute approximate surface area is 408 Å². The zero-order valence-corrected chi connectivity index (χ0v) is 42.8. The Morgan fingerprint density at radius 1 is 0.567 bits per heavy atom. The predicted octanol–water partition coefficient (Wildman–Crippen LogP) is 12.5. The number of hydrogen-bond donors (Lipinski definition) is 4. The van der Waals surface area contributed by atoms with E-state index in [0.29, 0.717) is 13.0 Å². The van der Waals surface area contributed by atoms with Crippen molar-refractivity contribution < 1.29 is 56.2 Å². The molecule has 1 aliphatic heterocycles. The third kappa shape index (κ3) is 38.3. The van der Waals surface area contributed by atoms with Crippen LogP contribution in [0.1, 0.15) is 213 Å². The number of unbranched alkanes of at least 4 members (excludes halogenated alkanes) is 23. The van der Waals surface area contributed by atoms with Gasteiger partial charge >= 0.3 is 16.4 Å². The zero-order valence-electron chi connectivity index (χ0n) is 41.9. The second-order valence-electron chi connectivity index (χ2n) is 18.1. The quantitative estimate of drug-likeness (QED) is 0.0197. The highest BCUT2D eigenvalue weighted by molar-refractivity contribution is 7.80. The third-order valence-electron chi connectivity index (χ3n) is 11.9. The van der Waals surface area contributed by atoms with Gasteiger partial charge < -0.3 is 34.3 Å². The molecule has 0 spiro atoms. The molecule has 0 amide bonds. The molecule has 6 atom stereocenters. The average molecular weight is 969 g/mol. The van der Waals surface area contributed by atoms with Crippen LogP contribution in [-0.2, 0) is 38.3 Å². The van der Waals surface area contributed by atoms with Crippen LogP contribution in [0.2, 0.25) is 0 Å². The first-order valence-electron chi connectivity index (χ1n) is 26.5. The Morgan fingerprint density at radius 3 is 1.45 bits per heavy atom. The van der Waals surface area contributed by atoms with E-state index in [1.807, 2.05) is 0 Å². The van der Waals surface area contributed by atoms with E-state index in [0.717, 1.165) is 77.0 Å². The Morgan fingerprint density at radius 2 is 0.985 bits per heavy atom. The maximum atomic E-state index is 12.9. The maximum absolute atomic E-state index is 12.9. The number of rotatable bonds is 46. The average Bonchev–Trinajstić information content (AvgIpc) is 3.30. The molecule has 0 radical (unpaired) electrons. The SMILES string of the molecule is CCCCCC/C=C\C/C=C\CCCCCCCCOCC(COC1OC(CO)C(O)C(OS(=O)(=O)O)C1O)OC(=O)CCCCCCCCCC/C=C\C/C=C\C/C=C\CCCCCCC. The molecule has 0 aromatic carbocycles. The van der Waals surface area contributed by atoms with Crippen molar-refractivity contribution >= 4 is 16.4 Å². The summed E-state index contributed by atoms with van der Waals surface area (Å²) in [6.07, 6.45) is 48.2. The molecule has 1 aliphatic rings. The molecule has 1 fully saturated rings. The minimum atomic E-state index is -5.07. The minimum Gasteiger partial charge on any atom is -0.457 e. The summed E-state index contributed by atoms with van der Waals surface area (Å²) in [5.74, 6) is -0.411. The van der Waals surface area contributed by atoms with Crippen LogP contribution in [0, 0.1) is 0 Å². The van der Waals surface area contributed by atoms with E-state index in [1.165, 1.54) is 109 Å². The molecule has 67 heavy (non-hydrogen) atoms. The van der Waals surface area contributed by atoms with Crippen LogP contribution in [-0.4, -0.2) is 97.5 Å². The van der Waals surface area contributed by atoms with Crippen molar-refractivity contribution in [2.24, 2.45) is 0 Å². The standard InChI is InChI=1S/C54H96O12S/c1-3-5-7-9-11-13-15-17-19-21-22-23-24-25-26-27-29-31-33-35-37-39-41-43-50(56)64-48(47-63-54-52(58)53(66-67(59,60)61)51(57)49(45-55)65-54)46-62-44-42-40-38-36-34-32-30-28-20-18-16-14-12-10-8-6-4-2/h14-17,20-22,24-25,28,48-49,51-55,57-58H,3-13,18-19,23,26-27,29-47H2,1-2H3,(H,59,60,61)/b16-14-,17-15-,22-21-,25-24-,28-20-. The molecule has 0 aromatic heterocycles. The van der Waals surface area contributed by atoms with Gasteiger partial charge in [0, 0.05) is 13.0 Å². The van der Waals surface area contributed by atoms with Crippen molar-refractivity contribution in [1.29, 1.82) is 0 Å². The predicted molar refractivity (Wildman–Crippen MR) is 271 cm³/mol. The lowest BCUT2D eigenvalue weighted by atomic mass is 9.99. The Balaban J connectivity index is 2.36. The van der Waals surface area contributed by atoms with Crippen molar-refractivity contribution in [3.8, 4) is 0 Å². The summed E-state index contributed by atoms with van der Waals surface area (Å²) >= 11 is 0. The van der Waals surface area contributed by atoms with Crippen molar-refractivity contribution in [3.63, 3.8) is 0 Å². The molecule has 0 bridgehead atoms. The summed E-state index contributed by atoms with van der Waals surface area (Å²) in [5.41, 5.74) is 0. The summed E-state index contributed by atoms with van der Waals surface area (Å²) in [4.78, 5) is 12.9. The van der Waals surface area contributed by atoms with E-state index < -0.39 is 59.8 Å². The summed E-state index contributed by atoms with van der Waals surface area (Å²) in [6, 6.07) is 0. The van der Waals surface area contributed by atoms with E-state index in [-0.39, 0.29) is 19.6 Å². The zero-order chi connectivity index (χ0) is 48.9. The van der Waals surface area contributed by atoms with Crippen molar-refractivity contribution in [2.75, 3.05) is 26.4 Å². The van der Waals surface area contributed by atoms with Crippen LogP contribution in [0.25, 0.3) is 0 Å². The first-order chi connectivity index (χ1) is 32.6. The van der Waals surface area contributed by atoms with E-state index >= 15 is 0 Å². The first kappa shape index (κ1) is 62.8. The molecule has 0 aliphatic carbocycles. The van der Waals surface area contributed by atoms with Gasteiger partial charge in [-0.15, -0.1) is 0 Å². The lowest BCUT2D eigenvalue weighted by molar-refractivity contribution is -0.301. The monoisotopic (exact) mass is 969 g/mol. The van der Waals surface area contributed by atoms with Crippen LogP contribution in [0.15, 0.2) is 60.8 Å². The molecule has 0 aromatic rings. The van der Waals surface area contributed by atoms with Gasteiger partial charge in [-0.05, 0) is 83.5 Å². The highest BCUT2D eigenvalue weighted by Gasteiger charge is 2.48. The molecule has 1 rings (SSSR count). The Hall–Kier alpha value is -2.20. The fourth-order valence-corrected chi connectivity index (χ4v) is 8.34. The topological polar surface area (TPSA) is 178 Å². The molecular formula is C54H96O12S. The number of esters is 1. The Kier molecular flexibility index (Phi) is 42.2. The van der Waals surface area contributed by atoms with Crippen LogP contribution in [0.4, 0.5) is 0 Å². The van der Waals surface area contributed by atoms with Crippen molar-refractivity contribution in [2.45, 2.75) is 250 Å². The molecular weight excluding hydrogens is 873 g/mol. The van der Waals surface area contributed by atoms with E-state index in [4.69, 9.17) is 18.9 Å². The van der Waals surface area contributed by atoms with Gasteiger partial charge in [-0.1, -0.05) is 184 Å². The van der Waals surface area contributed by atoms with Crippen LogP contribution in [0.5, 0.6) is 0 Å². The molecule has 0 saturated carbocycles. The number of carbonyl (C=O) groups excluding carboxylic acids is 1. The number of allylic oxidation sites excluding steroid dienone is 10. The molecule has 6 unspecified atom stereocenters. The summed E-state index contributed by atoms with van der Waals surface area (Å²) in [5, 5.41) is 30.8. The second-order valence-corrected chi connectivity index (χ2v) is 19.2. The summed E-state index contributed by atoms with van der Waals surface area (Å²) in [7, 11) is -5.07. The maximum Gasteiger partial charge on any atom is 0.397 e. The highest BCUT2D eigenvalue weighted by Crippen LogP contribution is 2.26. The Bertz CT molecular complexity index is 1400. The second kappa shape index (κ2) is 45.0. The van der Waals surface area contributed by atoms with E-state index in [2.05, 4.69) is 78.8 Å². The lowest BCUT2D eigenvalue weighted by Crippen LogP contribution is -2.60. The van der Waals surface area contributed by atoms with Crippen molar-refractivity contribution in [1.82, 2.24) is 0 Å². The molecule has 12 nitrogen and oxygen atoms in total. The van der Waals surface area contributed by atoms with Gasteiger partial charge in [-0.2, -0.15) is 8.42 Å². The third-order valence-corrected chi connectivity index (χ3v) is 12.3. The van der Waals surface area contributed by atoms with Gasteiger partial charge in [0.1, 0.15) is 30.5 Å². The summed E-state index contributed by atoms with van der Waals surface area (Å²) in [6.45, 7) is 3.94. The van der Waals surface area contributed by atoms with Crippen LogP contribution >= 0.6 is 0 Å².